The maximum absolute atomic E-state index is 13.8. The molecule has 0 fully saturated rings. The Morgan fingerprint density at radius 1 is 1.03 bits per heavy atom. The maximum atomic E-state index is 13.8. The van der Waals surface area contributed by atoms with Crippen LogP contribution in [-0.4, -0.2) is 22.4 Å². The van der Waals surface area contributed by atoms with Gasteiger partial charge in [-0.2, -0.15) is 0 Å². The molecule has 0 unspecified atom stereocenters. The summed E-state index contributed by atoms with van der Waals surface area (Å²) in [6.45, 7) is 5.37. The molecular weight excluding hydrogens is 420 g/mol. The van der Waals surface area contributed by atoms with E-state index < -0.39 is 0 Å². The molecule has 2 aromatic carbocycles. The first-order valence-electron chi connectivity index (χ1n) is 10.7. The molecule has 0 spiro atoms. The molecule has 6 heteroatoms. The minimum atomic E-state index is -0.130. The zero-order valence-corrected chi connectivity index (χ0v) is 19.1. The lowest BCUT2D eigenvalue weighted by Crippen LogP contribution is -2.31. The van der Waals surface area contributed by atoms with Crippen LogP contribution < -0.4 is 4.74 Å². The van der Waals surface area contributed by atoms with Crippen molar-refractivity contribution in [3.63, 3.8) is 0 Å². The number of carbonyl (C=O) groups excluding carboxylic acids is 1. The topological polar surface area (TPSA) is 55.6 Å². The van der Waals surface area contributed by atoms with Gasteiger partial charge in [-0.15, -0.1) is 11.3 Å². The number of thiazole rings is 1. The number of para-hydroxylation sites is 1. The van der Waals surface area contributed by atoms with Crippen LogP contribution in [0.3, 0.4) is 0 Å². The van der Waals surface area contributed by atoms with Gasteiger partial charge in [0, 0.05) is 5.56 Å². The zero-order chi connectivity index (χ0) is 22.3. The molecule has 32 heavy (non-hydrogen) atoms. The standard InChI is InChI=1S/C26H26N2O3S/c1-3-15-31-23-14-8-7-12-21(23)17-28(18-22-13-9-16-30-22)26(29)24-25(32-19(2)27-24)20-10-5-4-6-11-20/h4-14,16H,3,15,17-18H2,1-2H3. The fraction of sp³-hybridized carbons (Fsp3) is 0.231. The molecule has 0 saturated carbocycles. The third-order valence-corrected chi connectivity index (χ3v) is 6.00. The molecule has 164 valence electrons. The average molecular weight is 447 g/mol. The molecule has 5 nitrogen and oxygen atoms in total. The van der Waals surface area contributed by atoms with E-state index in [2.05, 4.69) is 11.9 Å². The van der Waals surface area contributed by atoms with Crippen molar-refractivity contribution in [2.75, 3.05) is 6.61 Å². The summed E-state index contributed by atoms with van der Waals surface area (Å²) < 4.78 is 11.5. The van der Waals surface area contributed by atoms with Crippen molar-refractivity contribution in [1.29, 1.82) is 0 Å². The SMILES string of the molecule is CCCOc1ccccc1CN(Cc1ccco1)C(=O)c1nc(C)sc1-c1ccccc1. The number of furan rings is 1. The van der Waals surface area contributed by atoms with Crippen LogP contribution in [0.1, 0.15) is 40.2 Å². The highest BCUT2D eigenvalue weighted by Gasteiger charge is 2.25. The number of aryl methyl sites for hydroxylation is 1. The second-order valence-electron chi connectivity index (χ2n) is 7.47. The number of nitrogens with zero attached hydrogens (tertiary/aromatic N) is 2. The first kappa shape index (κ1) is 21.8. The van der Waals surface area contributed by atoms with Gasteiger partial charge >= 0.3 is 0 Å². The van der Waals surface area contributed by atoms with Crippen LogP contribution in [0.5, 0.6) is 5.75 Å². The molecule has 0 radical (unpaired) electrons. The van der Waals surface area contributed by atoms with Crippen molar-refractivity contribution < 1.29 is 13.9 Å². The Morgan fingerprint density at radius 3 is 2.56 bits per heavy atom. The van der Waals surface area contributed by atoms with E-state index in [0.29, 0.717) is 25.4 Å². The van der Waals surface area contributed by atoms with E-state index in [-0.39, 0.29) is 5.91 Å². The lowest BCUT2D eigenvalue weighted by molar-refractivity contribution is 0.0711. The molecule has 0 N–H and O–H groups in total. The largest absolute Gasteiger partial charge is 0.493 e. The summed E-state index contributed by atoms with van der Waals surface area (Å²) in [5.41, 5.74) is 2.41. The zero-order valence-electron chi connectivity index (χ0n) is 18.3. The number of aromatic nitrogens is 1. The van der Waals surface area contributed by atoms with E-state index in [9.17, 15) is 4.79 Å². The van der Waals surface area contributed by atoms with Gasteiger partial charge in [0.2, 0.25) is 0 Å². The Morgan fingerprint density at radius 2 is 1.81 bits per heavy atom. The number of carbonyl (C=O) groups is 1. The number of hydrogen-bond donors (Lipinski definition) is 0. The molecule has 0 bridgehead atoms. The molecular formula is C26H26N2O3S. The highest BCUT2D eigenvalue weighted by molar-refractivity contribution is 7.15. The minimum Gasteiger partial charge on any atom is -0.493 e. The Hall–Kier alpha value is -3.38. The fourth-order valence-corrected chi connectivity index (χ4v) is 4.41. The van der Waals surface area contributed by atoms with E-state index >= 15 is 0 Å². The van der Waals surface area contributed by atoms with Gasteiger partial charge in [-0.25, -0.2) is 4.98 Å². The van der Waals surface area contributed by atoms with Gasteiger partial charge in [-0.05, 0) is 37.1 Å². The van der Waals surface area contributed by atoms with Crippen LogP contribution in [0.4, 0.5) is 0 Å². The van der Waals surface area contributed by atoms with E-state index in [1.165, 1.54) is 11.3 Å². The quantitative estimate of drug-likeness (QED) is 0.301. The molecule has 2 heterocycles. The van der Waals surface area contributed by atoms with E-state index in [1.54, 1.807) is 11.2 Å². The summed E-state index contributed by atoms with van der Waals surface area (Å²) in [5.74, 6) is 1.39. The highest BCUT2D eigenvalue weighted by Crippen LogP contribution is 2.32. The normalized spacial score (nSPS) is 10.8. The van der Waals surface area contributed by atoms with Gasteiger partial charge in [0.1, 0.15) is 17.2 Å². The second kappa shape index (κ2) is 10.3. The Balaban J connectivity index is 1.69. The summed E-state index contributed by atoms with van der Waals surface area (Å²) in [6, 6.07) is 21.5. The van der Waals surface area contributed by atoms with Crippen LogP contribution in [-0.2, 0) is 13.1 Å². The molecule has 1 amide bonds. The summed E-state index contributed by atoms with van der Waals surface area (Å²) >= 11 is 1.53. The number of ether oxygens (including phenoxy) is 1. The number of benzene rings is 2. The fourth-order valence-electron chi connectivity index (χ4n) is 3.49. The third kappa shape index (κ3) is 5.08. The maximum Gasteiger partial charge on any atom is 0.274 e. The van der Waals surface area contributed by atoms with E-state index in [1.807, 2.05) is 73.7 Å². The summed E-state index contributed by atoms with van der Waals surface area (Å²) in [7, 11) is 0. The van der Waals surface area contributed by atoms with Crippen molar-refractivity contribution in [1.82, 2.24) is 9.88 Å². The monoisotopic (exact) mass is 446 g/mol. The van der Waals surface area contributed by atoms with E-state index in [0.717, 1.165) is 38.9 Å². The van der Waals surface area contributed by atoms with Crippen LogP contribution in [0.2, 0.25) is 0 Å². The summed E-state index contributed by atoms with van der Waals surface area (Å²) in [5, 5.41) is 0.858. The number of hydrogen-bond acceptors (Lipinski definition) is 5. The van der Waals surface area contributed by atoms with Gasteiger partial charge in [-0.1, -0.05) is 55.5 Å². The lowest BCUT2D eigenvalue weighted by Gasteiger charge is -2.23. The Kier molecular flexibility index (Phi) is 7.02. The van der Waals surface area contributed by atoms with Gasteiger partial charge in [-0.3, -0.25) is 4.79 Å². The summed E-state index contributed by atoms with van der Waals surface area (Å²) in [4.78, 5) is 21.1. The smallest absolute Gasteiger partial charge is 0.274 e. The van der Waals surface area contributed by atoms with Crippen molar-refractivity contribution >= 4 is 17.2 Å². The van der Waals surface area contributed by atoms with Crippen molar-refractivity contribution in [2.24, 2.45) is 0 Å². The molecule has 2 aromatic heterocycles. The molecule has 0 saturated heterocycles. The van der Waals surface area contributed by atoms with Crippen molar-refractivity contribution in [3.05, 3.63) is 95.0 Å². The first-order chi connectivity index (χ1) is 15.7. The Labute approximate surface area is 192 Å². The van der Waals surface area contributed by atoms with Crippen LogP contribution >= 0.6 is 11.3 Å². The van der Waals surface area contributed by atoms with Crippen LogP contribution in [0.25, 0.3) is 10.4 Å². The van der Waals surface area contributed by atoms with Crippen LogP contribution in [0.15, 0.2) is 77.4 Å². The van der Waals surface area contributed by atoms with Gasteiger partial charge in [0.05, 0.1) is 35.8 Å². The number of amides is 1. The molecule has 0 aliphatic carbocycles. The molecule has 4 aromatic rings. The van der Waals surface area contributed by atoms with E-state index in [4.69, 9.17) is 9.15 Å². The second-order valence-corrected chi connectivity index (χ2v) is 8.68. The average Bonchev–Trinajstić information content (AvgIpc) is 3.47. The van der Waals surface area contributed by atoms with Crippen molar-refractivity contribution in [2.45, 2.75) is 33.4 Å². The number of rotatable bonds is 9. The van der Waals surface area contributed by atoms with Crippen LogP contribution in [0, 0.1) is 6.92 Å². The predicted octanol–water partition coefficient (Wildman–Crippen LogP) is 6.34. The molecule has 0 atom stereocenters. The Bertz CT molecular complexity index is 1150. The molecule has 0 aliphatic heterocycles. The van der Waals surface area contributed by atoms with Gasteiger partial charge in [0.25, 0.3) is 5.91 Å². The molecule has 0 aliphatic rings. The molecule has 4 rings (SSSR count). The van der Waals surface area contributed by atoms with Gasteiger partial charge < -0.3 is 14.1 Å². The highest BCUT2D eigenvalue weighted by atomic mass is 32.1. The van der Waals surface area contributed by atoms with Crippen molar-refractivity contribution in [3.8, 4) is 16.2 Å². The predicted molar refractivity (Wildman–Crippen MR) is 127 cm³/mol. The lowest BCUT2D eigenvalue weighted by atomic mass is 10.1. The summed E-state index contributed by atoms with van der Waals surface area (Å²) in [6.07, 6.45) is 2.54. The third-order valence-electron chi connectivity index (χ3n) is 4.98. The minimum absolute atomic E-state index is 0.130. The first-order valence-corrected chi connectivity index (χ1v) is 11.5. The van der Waals surface area contributed by atoms with Gasteiger partial charge in [0.15, 0.2) is 0 Å².